The topological polar surface area (TPSA) is 20.2 Å². The van der Waals surface area contributed by atoms with Crippen LogP contribution in [0.25, 0.3) is 11.1 Å². The fraction of sp³-hybridized carbons (Fsp3) is 0.100. The van der Waals surface area contributed by atoms with Crippen LogP contribution in [0.4, 0.5) is 0 Å². The van der Waals surface area contributed by atoms with Gasteiger partial charge >= 0.3 is 0 Å². The maximum absolute atomic E-state index is 10.4. The largest absolute Gasteiger partial charge is 0.388 e. The number of hydrogen-bond donors (Lipinski definition) is 1. The zero-order valence-electron chi connectivity index (χ0n) is 12.1. The molecule has 3 aromatic carbocycles. The first-order valence-corrected chi connectivity index (χ1v) is 7.69. The summed E-state index contributed by atoms with van der Waals surface area (Å²) in [5, 5.41) is 11.1. The summed E-state index contributed by atoms with van der Waals surface area (Å²) in [5.41, 5.74) is 4.19. The first-order chi connectivity index (χ1) is 10.7. The van der Waals surface area contributed by atoms with Gasteiger partial charge in [0.15, 0.2) is 0 Å². The molecule has 0 spiro atoms. The second-order valence-corrected chi connectivity index (χ2v) is 5.71. The molecular formula is C20H17ClO. The van der Waals surface area contributed by atoms with Crippen molar-refractivity contribution < 1.29 is 5.11 Å². The Balaban J connectivity index is 1.77. The summed E-state index contributed by atoms with van der Waals surface area (Å²) in [4.78, 5) is 0. The second-order valence-electron chi connectivity index (χ2n) is 5.30. The summed E-state index contributed by atoms with van der Waals surface area (Å²) in [5.74, 6) is 0. The Labute approximate surface area is 135 Å². The van der Waals surface area contributed by atoms with E-state index in [0.717, 1.165) is 16.7 Å². The third-order valence-electron chi connectivity index (χ3n) is 3.77. The highest BCUT2D eigenvalue weighted by molar-refractivity contribution is 6.31. The van der Waals surface area contributed by atoms with Crippen LogP contribution in [-0.2, 0) is 6.42 Å². The zero-order chi connectivity index (χ0) is 15.4. The van der Waals surface area contributed by atoms with Crippen LogP contribution in [0.3, 0.4) is 0 Å². The molecule has 22 heavy (non-hydrogen) atoms. The fourth-order valence-electron chi connectivity index (χ4n) is 2.52. The van der Waals surface area contributed by atoms with Gasteiger partial charge in [-0.05, 0) is 28.3 Å². The van der Waals surface area contributed by atoms with Crippen molar-refractivity contribution in [1.29, 1.82) is 0 Å². The van der Waals surface area contributed by atoms with Crippen LogP contribution in [0.1, 0.15) is 17.2 Å². The van der Waals surface area contributed by atoms with E-state index in [-0.39, 0.29) is 0 Å². The van der Waals surface area contributed by atoms with E-state index in [0.29, 0.717) is 11.4 Å². The molecule has 1 atom stereocenters. The number of aliphatic hydroxyl groups is 1. The summed E-state index contributed by atoms with van der Waals surface area (Å²) < 4.78 is 0. The highest BCUT2D eigenvalue weighted by Gasteiger charge is 2.10. The SMILES string of the molecule is OC(Cc1ccccc1Cl)c1ccc(-c2ccccc2)cc1. The Hall–Kier alpha value is -2.09. The maximum atomic E-state index is 10.4. The number of benzene rings is 3. The Morgan fingerprint density at radius 2 is 1.32 bits per heavy atom. The van der Waals surface area contributed by atoms with Crippen LogP contribution in [-0.4, -0.2) is 5.11 Å². The summed E-state index contributed by atoms with van der Waals surface area (Å²) in [6, 6.07) is 25.9. The molecule has 0 saturated carbocycles. The Morgan fingerprint density at radius 1 is 0.727 bits per heavy atom. The molecule has 0 aliphatic rings. The molecule has 0 aliphatic heterocycles. The lowest BCUT2D eigenvalue weighted by Gasteiger charge is -2.13. The molecule has 110 valence electrons. The van der Waals surface area contributed by atoms with Gasteiger partial charge in [0.05, 0.1) is 6.10 Å². The van der Waals surface area contributed by atoms with Gasteiger partial charge < -0.3 is 5.11 Å². The zero-order valence-corrected chi connectivity index (χ0v) is 12.9. The van der Waals surface area contributed by atoms with Gasteiger partial charge in [-0.15, -0.1) is 0 Å². The Morgan fingerprint density at radius 3 is 2.00 bits per heavy atom. The summed E-state index contributed by atoms with van der Waals surface area (Å²) in [6.45, 7) is 0. The minimum absolute atomic E-state index is 0.518. The predicted molar refractivity (Wildman–Crippen MR) is 92.0 cm³/mol. The number of rotatable bonds is 4. The van der Waals surface area contributed by atoms with Crippen molar-refractivity contribution in [3.8, 4) is 11.1 Å². The summed E-state index contributed by atoms with van der Waals surface area (Å²) in [6.07, 6.45) is -0.0330. The fourth-order valence-corrected chi connectivity index (χ4v) is 2.73. The number of hydrogen-bond acceptors (Lipinski definition) is 1. The van der Waals surface area contributed by atoms with Crippen molar-refractivity contribution in [2.24, 2.45) is 0 Å². The number of halogens is 1. The van der Waals surface area contributed by atoms with Gasteiger partial charge in [0, 0.05) is 11.4 Å². The van der Waals surface area contributed by atoms with Crippen molar-refractivity contribution in [1.82, 2.24) is 0 Å². The highest BCUT2D eigenvalue weighted by atomic mass is 35.5. The van der Waals surface area contributed by atoms with E-state index in [1.807, 2.05) is 66.7 Å². The average Bonchev–Trinajstić information content (AvgIpc) is 2.58. The standard InChI is InChI=1S/C20H17ClO/c21-19-9-5-4-8-18(19)14-20(22)17-12-10-16(11-13-17)15-6-2-1-3-7-15/h1-13,20,22H,14H2. The van der Waals surface area contributed by atoms with E-state index < -0.39 is 6.10 Å². The molecule has 0 aromatic heterocycles. The summed E-state index contributed by atoms with van der Waals surface area (Å²) in [7, 11) is 0. The minimum Gasteiger partial charge on any atom is -0.388 e. The molecule has 0 radical (unpaired) electrons. The molecule has 0 amide bonds. The van der Waals surface area contributed by atoms with Crippen LogP contribution in [0.5, 0.6) is 0 Å². The second kappa shape index (κ2) is 6.78. The minimum atomic E-state index is -0.551. The van der Waals surface area contributed by atoms with Gasteiger partial charge in [0.1, 0.15) is 0 Å². The third-order valence-corrected chi connectivity index (χ3v) is 4.14. The van der Waals surface area contributed by atoms with Gasteiger partial charge in [-0.25, -0.2) is 0 Å². The molecule has 1 N–H and O–H groups in total. The van der Waals surface area contributed by atoms with Crippen molar-refractivity contribution in [2.45, 2.75) is 12.5 Å². The van der Waals surface area contributed by atoms with Crippen molar-refractivity contribution >= 4 is 11.6 Å². The lowest BCUT2D eigenvalue weighted by molar-refractivity contribution is 0.178. The first-order valence-electron chi connectivity index (χ1n) is 7.31. The first kappa shape index (κ1) is 14.8. The molecule has 0 fully saturated rings. The molecule has 1 nitrogen and oxygen atoms in total. The van der Waals surface area contributed by atoms with Gasteiger partial charge in [-0.1, -0.05) is 84.4 Å². The van der Waals surface area contributed by atoms with Gasteiger partial charge in [-0.2, -0.15) is 0 Å². The lowest BCUT2D eigenvalue weighted by Crippen LogP contribution is -2.02. The van der Waals surface area contributed by atoms with E-state index in [1.54, 1.807) is 0 Å². The van der Waals surface area contributed by atoms with Gasteiger partial charge in [-0.3, -0.25) is 0 Å². The van der Waals surface area contributed by atoms with Crippen LogP contribution >= 0.6 is 11.6 Å². The molecule has 3 rings (SSSR count). The van der Waals surface area contributed by atoms with Crippen molar-refractivity contribution in [3.05, 3.63) is 95.0 Å². The van der Waals surface area contributed by atoms with E-state index in [4.69, 9.17) is 11.6 Å². The molecular weight excluding hydrogens is 292 g/mol. The molecule has 2 heteroatoms. The smallest absolute Gasteiger partial charge is 0.0830 e. The van der Waals surface area contributed by atoms with E-state index in [2.05, 4.69) is 12.1 Å². The van der Waals surface area contributed by atoms with Gasteiger partial charge in [0.2, 0.25) is 0 Å². The maximum Gasteiger partial charge on any atom is 0.0830 e. The Bertz CT molecular complexity index is 735. The predicted octanol–water partition coefficient (Wildman–Crippen LogP) is 5.28. The molecule has 1 unspecified atom stereocenters. The van der Waals surface area contributed by atoms with Crippen molar-refractivity contribution in [2.75, 3.05) is 0 Å². The summed E-state index contributed by atoms with van der Waals surface area (Å²) >= 11 is 6.15. The third kappa shape index (κ3) is 3.38. The molecule has 0 aliphatic carbocycles. The molecule has 0 heterocycles. The normalized spacial score (nSPS) is 12.1. The monoisotopic (exact) mass is 308 g/mol. The van der Waals surface area contributed by atoms with E-state index >= 15 is 0 Å². The van der Waals surface area contributed by atoms with E-state index in [9.17, 15) is 5.11 Å². The van der Waals surface area contributed by atoms with Crippen molar-refractivity contribution in [3.63, 3.8) is 0 Å². The Kier molecular flexibility index (Phi) is 4.57. The average molecular weight is 309 g/mol. The quantitative estimate of drug-likeness (QED) is 0.695. The van der Waals surface area contributed by atoms with Crippen LogP contribution in [0.2, 0.25) is 5.02 Å². The highest BCUT2D eigenvalue weighted by Crippen LogP contribution is 2.25. The van der Waals surface area contributed by atoms with Crippen LogP contribution in [0.15, 0.2) is 78.9 Å². The van der Waals surface area contributed by atoms with E-state index in [1.165, 1.54) is 5.56 Å². The molecule has 0 bridgehead atoms. The molecule has 0 saturated heterocycles. The lowest BCUT2D eigenvalue weighted by atomic mass is 9.98. The van der Waals surface area contributed by atoms with Crippen LogP contribution < -0.4 is 0 Å². The molecule has 3 aromatic rings. The van der Waals surface area contributed by atoms with Gasteiger partial charge in [0.25, 0.3) is 0 Å². The number of aliphatic hydroxyl groups excluding tert-OH is 1. The van der Waals surface area contributed by atoms with Crippen LogP contribution in [0, 0.1) is 0 Å².